The van der Waals surface area contributed by atoms with Gasteiger partial charge >= 0.3 is 0 Å². The average molecular weight is 409 g/mol. The summed E-state index contributed by atoms with van der Waals surface area (Å²) in [7, 11) is 1.61. The van der Waals surface area contributed by atoms with Gasteiger partial charge in [-0.3, -0.25) is 14.6 Å². The highest BCUT2D eigenvalue weighted by atomic mass is 16.5. The number of benzene rings is 1. The van der Waals surface area contributed by atoms with Crippen molar-refractivity contribution >= 4 is 17.5 Å². The molecule has 4 rings (SSSR count). The van der Waals surface area contributed by atoms with Crippen LogP contribution in [0.4, 0.5) is 5.69 Å². The number of pyridine rings is 1. The van der Waals surface area contributed by atoms with E-state index in [1.165, 1.54) is 0 Å². The molecule has 8 nitrogen and oxygen atoms in total. The molecule has 2 saturated heterocycles. The van der Waals surface area contributed by atoms with E-state index in [0.29, 0.717) is 19.5 Å². The Balaban J connectivity index is 1.33. The minimum atomic E-state index is -0.307. The number of rotatable bonds is 5. The predicted molar refractivity (Wildman–Crippen MR) is 113 cm³/mol. The van der Waals surface area contributed by atoms with Crippen molar-refractivity contribution in [3.8, 4) is 5.75 Å². The molecule has 2 aromatic rings. The molecule has 0 aliphatic carbocycles. The highest BCUT2D eigenvalue weighted by molar-refractivity contribution is 5.93. The Morgan fingerprint density at radius 3 is 2.77 bits per heavy atom. The highest BCUT2D eigenvalue weighted by Crippen LogP contribution is 2.25. The summed E-state index contributed by atoms with van der Waals surface area (Å²) in [6.07, 6.45) is 5.80. The SMILES string of the molecule is COc1ccc(NC(=O)C2CCCN(C(=O)C3CC(c4cccnc4)NN3)C2)cc1. The summed E-state index contributed by atoms with van der Waals surface area (Å²) in [5.74, 6) is 0.511. The lowest BCUT2D eigenvalue weighted by Crippen LogP contribution is -2.50. The van der Waals surface area contributed by atoms with Crippen LogP contribution in [0, 0.1) is 5.92 Å². The average Bonchev–Trinajstić information content (AvgIpc) is 3.30. The number of nitrogens with zero attached hydrogens (tertiary/aromatic N) is 2. The van der Waals surface area contributed by atoms with Crippen molar-refractivity contribution in [2.24, 2.45) is 5.92 Å². The maximum atomic E-state index is 13.0. The largest absolute Gasteiger partial charge is 0.497 e. The Kier molecular flexibility index (Phi) is 6.25. The number of hydrogen-bond acceptors (Lipinski definition) is 6. The first-order valence-corrected chi connectivity index (χ1v) is 10.3. The number of carbonyl (C=O) groups excluding carboxylic acids is 2. The highest BCUT2D eigenvalue weighted by Gasteiger charge is 2.36. The van der Waals surface area contributed by atoms with Crippen LogP contribution in [0.2, 0.25) is 0 Å². The van der Waals surface area contributed by atoms with E-state index in [0.717, 1.165) is 29.8 Å². The molecular formula is C22H27N5O3. The van der Waals surface area contributed by atoms with Crippen LogP contribution >= 0.6 is 0 Å². The topological polar surface area (TPSA) is 95.6 Å². The van der Waals surface area contributed by atoms with Gasteiger partial charge in [0.05, 0.1) is 13.0 Å². The molecule has 2 amide bonds. The van der Waals surface area contributed by atoms with Crippen LogP contribution in [0.25, 0.3) is 0 Å². The minimum absolute atomic E-state index is 0.0378. The summed E-state index contributed by atoms with van der Waals surface area (Å²) in [6.45, 7) is 1.12. The predicted octanol–water partition coefficient (Wildman–Crippen LogP) is 1.88. The molecule has 2 aliphatic rings. The van der Waals surface area contributed by atoms with Gasteiger partial charge in [0.2, 0.25) is 11.8 Å². The van der Waals surface area contributed by atoms with E-state index in [2.05, 4.69) is 21.2 Å². The van der Waals surface area contributed by atoms with Crippen LogP contribution in [-0.2, 0) is 9.59 Å². The van der Waals surface area contributed by atoms with Crippen LogP contribution in [-0.4, -0.2) is 47.9 Å². The molecule has 3 heterocycles. The molecule has 3 atom stereocenters. The first-order valence-electron chi connectivity index (χ1n) is 10.3. The first-order chi connectivity index (χ1) is 14.6. The van der Waals surface area contributed by atoms with Gasteiger partial charge in [0.15, 0.2) is 0 Å². The lowest BCUT2D eigenvalue weighted by molar-refractivity contribution is -0.136. The molecule has 158 valence electrons. The molecule has 2 fully saturated rings. The van der Waals surface area contributed by atoms with Gasteiger partial charge in [-0.1, -0.05) is 6.07 Å². The standard InChI is InChI=1S/C22H27N5O3/c1-30-18-8-6-17(7-9-18)24-21(28)16-5-3-11-27(14-16)22(29)20-12-19(25-26-20)15-4-2-10-23-13-15/h2,4,6-10,13,16,19-20,25-26H,3,5,11-12,14H2,1H3,(H,24,28). The van der Waals surface area contributed by atoms with Crippen molar-refractivity contribution < 1.29 is 14.3 Å². The quantitative estimate of drug-likeness (QED) is 0.698. The minimum Gasteiger partial charge on any atom is -0.497 e. The molecule has 3 N–H and O–H groups in total. The summed E-state index contributed by atoms with van der Waals surface area (Å²) in [5, 5.41) is 2.95. The molecule has 2 aliphatic heterocycles. The molecule has 8 heteroatoms. The molecular weight excluding hydrogens is 382 g/mol. The third-order valence-corrected chi connectivity index (χ3v) is 5.75. The van der Waals surface area contributed by atoms with Gasteiger partial charge in [0.25, 0.3) is 0 Å². The van der Waals surface area contributed by atoms with Crippen LogP contribution in [0.5, 0.6) is 5.75 Å². The van der Waals surface area contributed by atoms with E-state index >= 15 is 0 Å². The molecule has 1 aromatic carbocycles. The van der Waals surface area contributed by atoms with Crippen molar-refractivity contribution in [1.82, 2.24) is 20.7 Å². The van der Waals surface area contributed by atoms with Crippen molar-refractivity contribution in [1.29, 1.82) is 0 Å². The summed E-state index contributed by atoms with van der Waals surface area (Å²) < 4.78 is 5.14. The van der Waals surface area contributed by atoms with Crippen LogP contribution in [0.1, 0.15) is 30.9 Å². The van der Waals surface area contributed by atoms with Gasteiger partial charge in [-0.15, -0.1) is 0 Å². The van der Waals surface area contributed by atoms with Gasteiger partial charge in [-0.25, -0.2) is 10.9 Å². The smallest absolute Gasteiger partial charge is 0.241 e. The summed E-state index contributed by atoms with van der Waals surface area (Å²) in [4.78, 5) is 31.7. The molecule has 0 radical (unpaired) electrons. The van der Waals surface area contributed by atoms with Gasteiger partial charge in [0.1, 0.15) is 11.8 Å². The molecule has 1 aromatic heterocycles. The van der Waals surface area contributed by atoms with E-state index in [1.54, 1.807) is 13.3 Å². The Morgan fingerprint density at radius 1 is 1.20 bits per heavy atom. The second kappa shape index (κ2) is 9.23. The summed E-state index contributed by atoms with van der Waals surface area (Å²) in [6, 6.07) is 10.9. The van der Waals surface area contributed by atoms with Crippen molar-refractivity contribution in [2.45, 2.75) is 31.3 Å². The molecule has 3 unspecified atom stereocenters. The van der Waals surface area contributed by atoms with Gasteiger partial charge < -0.3 is 15.0 Å². The van der Waals surface area contributed by atoms with E-state index in [9.17, 15) is 9.59 Å². The summed E-state index contributed by atoms with van der Waals surface area (Å²) in [5.41, 5.74) is 8.09. The number of likely N-dealkylation sites (tertiary alicyclic amines) is 1. The molecule has 0 saturated carbocycles. The number of aromatic nitrogens is 1. The maximum Gasteiger partial charge on any atom is 0.241 e. The van der Waals surface area contributed by atoms with E-state index in [-0.39, 0.29) is 29.8 Å². The fraction of sp³-hybridized carbons (Fsp3) is 0.409. The number of anilines is 1. The number of hydrazine groups is 1. The maximum absolute atomic E-state index is 13.0. The van der Waals surface area contributed by atoms with E-state index in [1.807, 2.05) is 47.5 Å². The monoisotopic (exact) mass is 409 g/mol. The van der Waals surface area contributed by atoms with Crippen LogP contribution in [0.3, 0.4) is 0 Å². The first kappa shape index (κ1) is 20.3. The van der Waals surface area contributed by atoms with Crippen molar-refractivity contribution in [3.05, 3.63) is 54.4 Å². The Bertz CT molecular complexity index is 874. The van der Waals surface area contributed by atoms with Gasteiger partial charge in [-0.2, -0.15) is 0 Å². The van der Waals surface area contributed by atoms with Gasteiger partial charge in [0, 0.05) is 37.2 Å². The van der Waals surface area contributed by atoms with Crippen LogP contribution in [0.15, 0.2) is 48.8 Å². The van der Waals surface area contributed by atoms with Crippen molar-refractivity contribution in [2.75, 3.05) is 25.5 Å². The zero-order valence-electron chi connectivity index (χ0n) is 17.0. The fourth-order valence-electron chi connectivity index (χ4n) is 4.05. The fourth-order valence-corrected chi connectivity index (χ4v) is 4.05. The van der Waals surface area contributed by atoms with Gasteiger partial charge in [-0.05, 0) is 55.2 Å². The second-order valence-electron chi connectivity index (χ2n) is 7.76. The lowest BCUT2D eigenvalue weighted by Gasteiger charge is -2.33. The Morgan fingerprint density at radius 2 is 2.03 bits per heavy atom. The number of carbonyl (C=O) groups is 2. The van der Waals surface area contributed by atoms with Crippen LogP contribution < -0.4 is 20.9 Å². The number of hydrogen-bond donors (Lipinski definition) is 3. The Labute approximate surface area is 176 Å². The molecule has 30 heavy (non-hydrogen) atoms. The normalized spacial score (nSPS) is 23.8. The third kappa shape index (κ3) is 4.60. The summed E-state index contributed by atoms with van der Waals surface area (Å²) >= 11 is 0. The molecule has 0 spiro atoms. The number of amides is 2. The Hall–Kier alpha value is -2.97. The number of piperidine rings is 1. The second-order valence-corrected chi connectivity index (χ2v) is 7.76. The number of methoxy groups -OCH3 is 1. The lowest BCUT2D eigenvalue weighted by atomic mass is 9.95. The third-order valence-electron chi connectivity index (χ3n) is 5.75. The molecule has 0 bridgehead atoms. The number of nitrogens with one attached hydrogen (secondary N) is 3. The van der Waals surface area contributed by atoms with E-state index < -0.39 is 0 Å². The number of ether oxygens (including phenoxy) is 1. The van der Waals surface area contributed by atoms with Crippen molar-refractivity contribution in [3.63, 3.8) is 0 Å². The zero-order chi connectivity index (χ0) is 20.9. The zero-order valence-corrected chi connectivity index (χ0v) is 17.0. The van der Waals surface area contributed by atoms with E-state index in [4.69, 9.17) is 4.74 Å².